The van der Waals surface area contributed by atoms with E-state index in [4.69, 9.17) is 0 Å². The molecule has 2 heterocycles. The summed E-state index contributed by atoms with van der Waals surface area (Å²) in [6.07, 6.45) is 1.35. The average molecular weight is 323 g/mol. The van der Waals surface area contributed by atoms with Crippen molar-refractivity contribution in [2.45, 2.75) is 18.4 Å². The predicted molar refractivity (Wildman–Crippen MR) is 79.4 cm³/mol. The Labute approximate surface area is 125 Å². The van der Waals surface area contributed by atoms with Crippen molar-refractivity contribution in [1.29, 1.82) is 0 Å². The maximum Gasteiger partial charge on any atom is 0.243 e. The molecule has 1 N–H and O–H groups in total. The van der Waals surface area contributed by atoms with Gasteiger partial charge in [-0.3, -0.25) is 5.10 Å². The molecule has 110 valence electrons. The minimum absolute atomic E-state index is 0.141. The normalized spacial score (nSPS) is 12.3. The van der Waals surface area contributed by atoms with Gasteiger partial charge in [0.15, 0.2) is 0 Å². The maximum absolute atomic E-state index is 12.6. The van der Waals surface area contributed by atoms with E-state index in [1.807, 2.05) is 6.92 Å². The van der Waals surface area contributed by atoms with Gasteiger partial charge in [0, 0.05) is 7.05 Å². The lowest BCUT2D eigenvalue weighted by atomic mass is 10.3. The Morgan fingerprint density at radius 3 is 2.90 bits per heavy atom. The first kappa shape index (κ1) is 14.1. The van der Waals surface area contributed by atoms with Crippen molar-refractivity contribution in [3.63, 3.8) is 0 Å². The highest BCUT2D eigenvalue weighted by atomic mass is 32.2. The van der Waals surface area contributed by atoms with Gasteiger partial charge in [0.2, 0.25) is 10.0 Å². The second-order valence-electron chi connectivity index (χ2n) is 4.56. The van der Waals surface area contributed by atoms with Crippen molar-refractivity contribution in [2.75, 3.05) is 7.05 Å². The molecule has 9 heteroatoms. The molecule has 0 radical (unpaired) electrons. The van der Waals surface area contributed by atoms with Gasteiger partial charge in [-0.25, -0.2) is 18.4 Å². The molecule has 0 bridgehead atoms. The Morgan fingerprint density at radius 1 is 1.38 bits per heavy atom. The fourth-order valence-corrected chi connectivity index (χ4v) is 4.06. The first-order valence-corrected chi connectivity index (χ1v) is 8.40. The van der Waals surface area contributed by atoms with Crippen molar-refractivity contribution < 1.29 is 8.42 Å². The number of H-pyrrole nitrogens is 1. The van der Waals surface area contributed by atoms with Crippen LogP contribution in [0.1, 0.15) is 10.8 Å². The monoisotopic (exact) mass is 323 g/mol. The quantitative estimate of drug-likeness (QED) is 0.786. The van der Waals surface area contributed by atoms with E-state index in [-0.39, 0.29) is 11.4 Å². The zero-order valence-electron chi connectivity index (χ0n) is 11.4. The van der Waals surface area contributed by atoms with Crippen molar-refractivity contribution in [3.8, 4) is 0 Å². The maximum atomic E-state index is 12.6. The number of nitrogens with one attached hydrogen (secondary N) is 1. The number of sulfonamides is 1. The number of thiazole rings is 1. The van der Waals surface area contributed by atoms with Crippen LogP contribution in [0.25, 0.3) is 10.2 Å². The molecule has 0 aliphatic heterocycles. The number of aryl methyl sites for hydroxylation is 1. The zero-order chi connectivity index (χ0) is 15.0. The van der Waals surface area contributed by atoms with Gasteiger partial charge < -0.3 is 0 Å². The van der Waals surface area contributed by atoms with Gasteiger partial charge in [0.05, 0.1) is 26.7 Å². The predicted octanol–water partition coefficient (Wildman–Crippen LogP) is 1.54. The Kier molecular flexibility index (Phi) is 3.47. The second kappa shape index (κ2) is 5.17. The number of fused-ring (bicyclic) bond motifs is 1. The van der Waals surface area contributed by atoms with Crippen molar-refractivity contribution in [3.05, 3.63) is 35.4 Å². The van der Waals surface area contributed by atoms with E-state index in [1.54, 1.807) is 18.2 Å². The number of rotatable bonds is 4. The molecule has 0 atom stereocenters. The molecule has 1 aromatic carbocycles. The van der Waals surface area contributed by atoms with Crippen LogP contribution in [0.5, 0.6) is 0 Å². The standard InChI is InChI=1S/C12H13N5O2S2/c1-8-15-10-4-3-9(5-11(10)20-8)21(18,19)17(2)6-12-13-7-14-16-12/h3-5,7H,6H2,1-2H3,(H,13,14,16). The van der Waals surface area contributed by atoms with Gasteiger partial charge in [-0.2, -0.15) is 9.40 Å². The van der Waals surface area contributed by atoms with Gasteiger partial charge in [-0.05, 0) is 25.1 Å². The lowest BCUT2D eigenvalue weighted by molar-refractivity contribution is 0.457. The highest BCUT2D eigenvalue weighted by Crippen LogP contribution is 2.26. The Balaban J connectivity index is 1.95. The largest absolute Gasteiger partial charge is 0.262 e. The van der Waals surface area contributed by atoms with Crippen LogP contribution in [0.3, 0.4) is 0 Å². The van der Waals surface area contributed by atoms with E-state index in [0.29, 0.717) is 5.82 Å². The summed E-state index contributed by atoms with van der Waals surface area (Å²) in [6, 6.07) is 4.97. The molecular weight excluding hydrogens is 310 g/mol. The van der Waals surface area contributed by atoms with Gasteiger partial charge >= 0.3 is 0 Å². The molecule has 2 aromatic heterocycles. The van der Waals surface area contributed by atoms with E-state index in [1.165, 1.54) is 29.0 Å². The summed E-state index contributed by atoms with van der Waals surface area (Å²) in [5, 5.41) is 7.27. The molecule has 7 nitrogen and oxygen atoms in total. The Morgan fingerprint density at radius 2 is 2.19 bits per heavy atom. The summed E-state index contributed by atoms with van der Waals surface area (Å²) in [4.78, 5) is 8.52. The first-order chi connectivity index (χ1) is 9.96. The van der Waals surface area contributed by atoms with Crippen LogP contribution in [0, 0.1) is 6.92 Å². The highest BCUT2D eigenvalue weighted by molar-refractivity contribution is 7.89. The molecule has 0 aliphatic rings. The number of benzene rings is 1. The van der Waals surface area contributed by atoms with Crippen LogP contribution >= 0.6 is 11.3 Å². The number of aromatic amines is 1. The summed E-state index contributed by atoms with van der Waals surface area (Å²) >= 11 is 1.48. The van der Waals surface area contributed by atoms with Crippen LogP contribution in [0.4, 0.5) is 0 Å². The van der Waals surface area contributed by atoms with Crippen molar-refractivity contribution in [2.24, 2.45) is 0 Å². The molecule has 0 amide bonds. The van der Waals surface area contributed by atoms with Gasteiger partial charge in [0.25, 0.3) is 0 Å². The molecular formula is C12H13N5O2S2. The summed E-state index contributed by atoms with van der Waals surface area (Å²) in [5.41, 5.74) is 0.814. The summed E-state index contributed by atoms with van der Waals surface area (Å²) in [5.74, 6) is 0.496. The Hall–Kier alpha value is -1.84. The minimum Gasteiger partial charge on any atom is -0.262 e. The van der Waals surface area contributed by atoms with Crippen LogP contribution in [0.2, 0.25) is 0 Å². The van der Waals surface area contributed by atoms with E-state index >= 15 is 0 Å². The third kappa shape index (κ3) is 2.67. The summed E-state index contributed by atoms with van der Waals surface area (Å²) in [6.45, 7) is 2.04. The first-order valence-electron chi connectivity index (χ1n) is 6.14. The van der Waals surface area contributed by atoms with E-state index < -0.39 is 10.0 Å². The van der Waals surface area contributed by atoms with Gasteiger partial charge in [-0.1, -0.05) is 0 Å². The molecule has 21 heavy (non-hydrogen) atoms. The third-order valence-electron chi connectivity index (χ3n) is 3.01. The fraction of sp³-hybridized carbons (Fsp3) is 0.250. The second-order valence-corrected chi connectivity index (χ2v) is 7.84. The molecule has 0 unspecified atom stereocenters. The van der Waals surface area contributed by atoms with Crippen molar-refractivity contribution in [1.82, 2.24) is 24.5 Å². The van der Waals surface area contributed by atoms with E-state index in [0.717, 1.165) is 15.2 Å². The van der Waals surface area contributed by atoms with Gasteiger partial charge in [0.1, 0.15) is 12.2 Å². The molecule has 3 rings (SSSR count). The topological polar surface area (TPSA) is 91.8 Å². The number of hydrogen-bond donors (Lipinski definition) is 1. The highest BCUT2D eigenvalue weighted by Gasteiger charge is 2.22. The molecule has 0 saturated heterocycles. The van der Waals surface area contributed by atoms with Crippen LogP contribution in [0.15, 0.2) is 29.4 Å². The van der Waals surface area contributed by atoms with E-state index in [2.05, 4.69) is 20.2 Å². The van der Waals surface area contributed by atoms with Gasteiger partial charge in [-0.15, -0.1) is 11.3 Å². The number of aromatic nitrogens is 4. The number of nitrogens with zero attached hydrogens (tertiary/aromatic N) is 4. The molecule has 0 saturated carbocycles. The number of hydrogen-bond acceptors (Lipinski definition) is 6. The summed E-state index contributed by atoms with van der Waals surface area (Å²) in [7, 11) is -2.06. The van der Waals surface area contributed by atoms with Crippen LogP contribution < -0.4 is 0 Å². The van der Waals surface area contributed by atoms with E-state index in [9.17, 15) is 8.42 Å². The molecule has 0 aliphatic carbocycles. The van der Waals surface area contributed by atoms with Crippen LogP contribution in [-0.4, -0.2) is 39.9 Å². The fourth-order valence-electron chi connectivity index (χ4n) is 1.96. The lowest BCUT2D eigenvalue weighted by Gasteiger charge is -2.15. The van der Waals surface area contributed by atoms with Crippen LogP contribution in [-0.2, 0) is 16.6 Å². The Bertz CT molecular complexity index is 870. The average Bonchev–Trinajstić information content (AvgIpc) is 3.05. The summed E-state index contributed by atoms with van der Waals surface area (Å²) < 4.78 is 27.2. The molecule has 0 fully saturated rings. The molecule has 0 spiro atoms. The SMILES string of the molecule is Cc1nc2ccc(S(=O)(=O)N(C)Cc3ncn[nH]3)cc2s1. The third-order valence-corrected chi connectivity index (χ3v) is 5.75. The smallest absolute Gasteiger partial charge is 0.243 e. The van der Waals surface area contributed by atoms with Crippen molar-refractivity contribution >= 4 is 31.6 Å². The molecule has 3 aromatic rings. The lowest BCUT2D eigenvalue weighted by Crippen LogP contribution is -2.27. The minimum atomic E-state index is -3.57. The zero-order valence-corrected chi connectivity index (χ0v) is 13.1.